The molecule has 3 heterocycles. The predicted molar refractivity (Wildman–Crippen MR) is 212 cm³/mol. The quantitative estimate of drug-likeness (QED) is 0.190. The third-order valence-electron chi connectivity index (χ3n) is 10.4. The standard InChI is InChI=1S/C48H29NO2/c1-4-12-30(13-5-1)32-22-24-43-39(26-32)40-27-33(23-25-44(40)49(43)34-16-8-3-9-17-34)36-19-11-21-38-42-28-41-37-20-10-18-35(31-14-6-2-7-15-31)47(37)50-45(41)29-46(42)51-48(36)38/h1-29H. The first-order chi connectivity index (χ1) is 25.3. The predicted octanol–water partition coefficient (Wildman–Crippen LogP) is 13.6. The second-order valence-electron chi connectivity index (χ2n) is 13.3. The maximum Gasteiger partial charge on any atom is 0.143 e. The molecular weight excluding hydrogens is 623 g/mol. The summed E-state index contributed by atoms with van der Waals surface area (Å²) in [4.78, 5) is 0. The van der Waals surface area contributed by atoms with Crippen LogP contribution in [-0.4, -0.2) is 4.57 Å². The molecule has 0 bridgehead atoms. The molecule has 0 aliphatic rings. The Kier molecular flexibility index (Phi) is 5.96. The molecule has 0 radical (unpaired) electrons. The summed E-state index contributed by atoms with van der Waals surface area (Å²) >= 11 is 0. The Hall–Kier alpha value is -6.84. The normalized spacial score (nSPS) is 11.9. The van der Waals surface area contributed by atoms with E-state index in [0.717, 1.165) is 71.8 Å². The smallest absolute Gasteiger partial charge is 0.143 e. The molecule has 0 N–H and O–H groups in total. The molecule has 3 aromatic heterocycles. The van der Waals surface area contributed by atoms with Crippen LogP contribution >= 0.6 is 0 Å². The van der Waals surface area contributed by atoms with E-state index >= 15 is 0 Å². The third kappa shape index (κ3) is 4.25. The molecule has 238 valence electrons. The molecule has 3 nitrogen and oxygen atoms in total. The van der Waals surface area contributed by atoms with E-state index in [1.54, 1.807) is 0 Å². The SMILES string of the molecule is c1ccc(-c2ccc3c(c2)c2cc(-c4cccc5c4oc4cc6oc7c(-c8ccccc8)cccc7c6cc45)ccc2n3-c2ccccc2)cc1. The van der Waals surface area contributed by atoms with Crippen molar-refractivity contribution in [3.8, 4) is 39.1 Å². The highest BCUT2D eigenvalue weighted by atomic mass is 16.3. The number of nitrogens with zero attached hydrogens (tertiary/aromatic N) is 1. The Bertz CT molecular complexity index is 3110. The van der Waals surface area contributed by atoms with Gasteiger partial charge in [0.05, 0.1) is 11.0 Å². The summed E-state index contributed by atoms with van der Waals surface area (Å²) in [5.74, 6) is 0. The first kappa shape index (κ1) is 28.0. The van der Waals surface area contributed by atoms with E-state index in [-0.39, 0.29) is 0 Å². The van der Waals surface area contributed by atoms with E-state index in [1.807, 2.05) is 6.07 Å². The lowest BCUT2D eigenvalue weighted by atomic mass is 9.98. The molecule has 11 rings (SSSR count). The zero-order chi connectivity index (χ0) is 33.5. The van der Waals surface area contributed by atoms with E-state index in [2.05, 4.69) is 174 Å². The molecular formula is C48H29NO2. The van der Waals surface area contributed by atoms with Crippen LogP contribution < -0.4 is 0 Å². The zero-order valence-corrected chi connectivity index (χ0v) is 27.5. The van der Waals surface area contributed by atoms with Gasteiger partial charge in [-0.1, -0.05) is 127 Å². The molecule has 0 amide bonds. The minimum atomic E-state index is 0.819. The summed E-state index contributed by atoms with van der Waals surface area (Å²) in [5.41, 5.74) is 13.7. The number of benzene rings is 8. The van der Waals surface area contributed by atoms with Crippen LogP contribution in [0.4, 0.5) is 0 Å². The summed E-state index contributed by atoms with van der Waals surface area (Å²) in [6.45, 7) is 0. The molecule has 0 unspecified atom stereocenters. The van der Waals surface area contributed by atoms with Gasteiger partial charge in [-0.3, -0.25) is 0 Å². The molecule has 0 spiro atoms. The number of fused-ring (bicyclic) bond motifs is 9. The van der Waals surface area contributed by atoms with Crippen LogP contribution in [0.15, 0.2) is 185 Å². The lowest BCUT2D eigenvalue weighted by Crippen LogP contribution is -1.93. The Balaban J connectivity index is 1.11. The highest BCUT2D eigenvalue weighted by molar-refractivity contribution is 6.19. The van der Waals surface area contributed by atoms with Crippen molar-refractivity contribution in [1.29, 1.82) is 0 Å². The van der Waals surface area contributed by atoms with Crippen molar-refractivity contribution in [2.45, 2.75) is 0 Å². The van der Waals surface area contributed by atoms with Crippen molar-refractivity contribution in [2.75, 3.05) is 0 Å². The van der Waals surface area contributed by atoms with Crippen molar-refractivity contribution >= 4 is 65.7 Å². The Morgan fingerprint density at radius 2 is 0.824 bits per heavy atom. The van der Waals surface area contributed by atoms with Crippen molar-refractivity contribution in [2.24, 2.45) is 0 Å². The van der Waals surface area contributed by atoms with E-state index < -0.39 is 0 Å². The van der Waals surface area contributed by atoms with Crippen LogP contribution in [0.2, 0.25) is 0 Å². The summed E-state index contributed by atoms with van der Waals surface area (Å²) in [7, 11) is 0. The largest absolute Gasteiger partial charge is 0.455 e. The number of para-hydroxylation sites is 3. The van der Waals surface area contributed by atoms with Crippen molar-refractivity contribution in [3.05, 3.63) is 176 Å². The number of aromatic nitrogens is 1. The third-order valence-corrected chi connectivity index (χ3v) is 10.4. The van der Waals surface area contributed by atoms with Gasteiger partial charge in [0.15, 0.2) is 0 Å². The van der Waals surface area contributed by atoms with Gasteiger partial charge in [-0.05, 0) is 64.7 Å². The molecule has 0 saturated carbocycles. The fourth-order valence-corrected chi connectivity index (χ4v) is 8.02. The Morgan fingerprint density at radius 3 is 1.43 bits per heavy atom. The fourth-order valence-electron chi connectivity index (χ4n) is 8.02. The second kappa shape index (κ2) is 10.8. The Labute approximate surface area is 293 Å². The maximum atomic E-state index is 6.74. The molecule has 51 heavy (non-hydrogen) atoms. The summed E-state index contributed by atoms with van der Waals surface area (Å²) in [6.07, 6.45) is 0. The molecule has 0 fully saturated rings. The molecule has 0 atom stereocenters. The van der Waals surface area contributed by atoms with Crippen LogP contribution in [0.25, 0.3) is 105 Å². The average Bonchev–Trinajstić information content (AvgIpc) is 3.86. The number of furan rings is 2. The van der Waals surface area contributed by atoms with Crippen LogP contribution in [0.3, 0.4) is 0 Å². The second-order valence-corrected chi connectivity index (χ2v) is 13.3. The molecule has 0 saturated heterocycles. The average molecular weight is 652 g/mol. The fraction of sp³-hybridized carbons (Fsp3) is 0. The number of hydrogen-bond acceptors (Lipinski definition) is 2. The van der Waals surface area contributed by atoms with Gasteiger partial charge < -0.3 is 13.4 Å². The molecule has 3 heteroatoms. The molecule has 0 aliphatic carbocycles. The Morgan fingerprint density at radius 1 is 0.314 bits per heavy atom. The van der Waals surface area contributed by atoms with E-state index in [9.17, 15) is 0 Å². The van der Waals surface area contributed by atoms with Gasteiger partial charge in [0, 0.05) is 55.2 Å². The lowest BCUT2D eigenvalue weighted by molar-refractivity contribution is 0.657. The number of rotatable bonds is 4. The van der Waals surface area contributed by atoms with Gasteiger partial charge in [0.1, 0.15) is 22.3 Å². The van der Waals surface area contributed by atoms with Crippen LogP contribution in [0.1, 0.15) is 0 Å². The molecule has 11 aromatic rings. The number of hydrogen-bond donors (Lipinski definition) is 0. The van der Waals surface area contributed by atoms with Gasteiger partial charge in [-0.25, -0.2) is 0 Å². The van der Waals surface area contributed by atoms with Gasteiger partial charge in [-0.15, -0.1) is 0 Å². The maximum absolute atomic E-state index is 6.74. The lowest BCUT2D eigenvalue weighted by Gasteiger charge is -2.08. The van der Waals surface area contributed by atoms with Crippen molar-refractivity contribution < 1.29 is 8.83 Å². The summed E-state index contributed by atoms with van der Waals surface area (Å²) < 4.78 is 15.7. The zero-order valence-electron chi connectivity index (χ0n) is 27.5. The minimum Gasteiger partial charge on any atom is -0.455 e. The van der Waals surface area contributed by atoms with E-state index in [1.165, 1.54) is 32.9 Å². The summed E-state index contributed by atoms with van der Waals surface area (Å²) in [6, 6.07) is 62.5. The summed E-state index contributed by atoms with van der Waals surface area (Å²) in [5, 5.41) is 6.80. The highest BCUT2D eigenvalue weighted by Gasteiger charge is 2.19. The first-order valence-corrected chi connectivity index (χ1v) is 17.3. The van der Waals surface area contributed by atoms with Crippen molar-refractivity contribution in [3.63, 3.8) is 0 Å². The van der Waals surface area contributed by atoms with E-state index in [0.29, 0.717) is 0 Å². The monoisotopic (exact) mass is 651 g/mol. The van der Waals surface area contributed by atoms with Crippen LogP contribution in [0.5, 0.6) is 0 Å². The highest BCUT2D eigenvalue weighted by Crippen LogP contribution is 2.43. The molecule has 0 aliphatic heterocycles. The van der Waals surface area contributed by atoms with E-state index in [4.69, 9.17) is 8.83 Å². The van der Waals surface area contributed by atoms with Gasteiger partial charge in [0.25, 0.3) is 0 Å². The topological polar surface area (TPSA) is 31.2 Å². The van der Waals surface area contributed by atoms with Crippen LogP contribution in [-0.2, 0) is 0 Å². The van der Waals surface area contributed by atoms with Gasteiger partial charge >= 0.3 is 0 Å². The van der Waals surface area contributed by atoms with Crippen molar-refractivity contribution in [1.82, 2.24) is 4.57 Å². The van der Waals surface area contributed by atoms with Gasteiger partial charge in [0.2, 0.25) is 0 Å². The molecule has 8 aromatic carbocycles. The van der Waals surface area contributed by atoms with Gasteiger partial charge in [-0.2, -0.15) is 0 Å². The van der Waals surface area contributed by atoms with Crippen LogP contribution in [0, 0.1) is 0 Å². The first-order valence-electron chi connectivity index (χ1n) is 17.3. The minimum absolute atomic E-state index is 0.819.